The Balaban J connectivity index is 2.14. The standard InChI is InChI=1S/C12H26N2O2/c1-5-16-12(2,3)10-13-8-11-9-14(4)6-7-15-11/h11,13H,5-10H2,1-4H3. The van der Waals surface area contributed by atoms with Crippen LogP contribution < -0.4 is 5.32 Å². The van der Waals surface area contributed by atoms with Gasteiger partial charge in [0.25, 0.3) is 0 Å². The zero-order valence-corrected chi connectivity index (χ0v) is 11.1. The van der Waals surface area contributed by atoms with Gasteiger partial charge in [0.1, 0.15) is 0 Å². The van der Waals surface area contributed by atoms with Crippen molar-refractivity contribution in [2.45, 2.75) is 32.5 Å². The van der Waals surface area contributed by atoms with E-state index < -0.39 is 0 Å². The molecule has 0 bridgehead atoms. The summed E-state index contributed by atoms with van der Waals surface area (Å²) in [5.74, 6) is 0. The van der Waals surface area contributed by atoms with E-state index in [1.54, 1.807) is 0 Å². The maximum absolute atomic E-state index is 5.68. The van der Waals surface area contributed by atoms with Crippen LogP contribution >= 0.6 is 0 Å². The van der Waals surface area contributed by atoms with E-state index in [0.717, 1.165) is 39.4 Å². The molecule has 4 nitrogen and oxygen atoms in total. The molecule has 1 N–H and O–H groups in total. The first-order valence-corrected chi connectivity index (χ1v) is 6.18. The normalized spacial score (nSPS) is 23.6. The molecule has 16 heavy (non-hydrogen) atoms. The van der Waals surface area contributed by atoms with Gasteiger partial charge >= 0.3 is 0 Å². The molecule has 0 spiro atoms. The van der Waals surface area contributed by atoms with Crippen LogP contribution in [0.2, 0.25) is 0 Å². The lowest BCUT2D eigenvalue weighted by Crippen LogP contribution is -2.47. The molecule has 1 heterocycles. The fourth-order valence-electron chi connectivity index (χ4n) is 1.97. The Morgan fingerprint density at radius 1 is 1.50 bits per heavy atom. The van der Waals surface area contributed by atoms with Crippen molar-refractivity contribution in [2.75, 3.05) is 46.4 Å². The van der Waals surface area contributed by atoms with Crippen molar-refractivity contribution in [3.05, 3.63) is 0 Å². The van der Waals surface area contributed by atoms with E-state index in [1.165, 1.54) is 0 Å². The molecule has 1 atom stereocenters. The Morgan fingerprint density at radius 2 is 2.25 bits per heavy atom. The third-order valence-corrected chi connectivity index (χ3v) is 2.80. The first-order chi connectivity index (χ1) is 7.53. The summed E-state index contributed by atoms with van der Waals surface area (Å²) >= 11 is 0. The Labute approximate surface area is 99.3 Å². The van der Waals surface area contributed by atoms with Gasteiger partial charge in [-0.05, 0) is 27.8 Å². The number of hydrogen-bond donors (Lipinski definition) is 1. The maximum atomic E-state index is 5.68. The number of nitrogens with zero attached hydrogens (tertiary/aromatic N) is 1. The highest BCUT2D eigenvalue weighted by Gasteiger charge is 2.20. The van der Waals surface area contributed by atoms with E-state index in [2.05, 4.69) is 31.1 Å². The summed E-state index contributed by atoms with van der Waals surface area (Å²) in [5.41, 5.74) is -0.0880. The lowest BCUT2D eigenvalue weighted by molar-refractivity contribution is -0.0301. The van der Waals surface area contributed by atoms with Crippen molar-refractivity contribution in [2.24, 2.45) is 0 Å². The van der Waals surface area contributed by atoms with Gasteiger partial charge in [0, 0.05) is 32.8 Å². The quantitative estimate of drug-likeness (QED) is 0.729. The summed E-state index contributed by atoms with van der Waals surface area (Å²) in [5, 5.41) is 3.42. The summed E-state index contributed by atoms with van der Waals surface area (Å²) in [4.78, 5) is 2.31. The van der Waals surface area contributed by atoms with E-state index in [9.17, 15) is 0 Å². The molecule has 1 aliphatic rings. The highest BCUT2D eigenvalue weighted by molar-refractivity contribution is 4.76. The van der Waals surface area contributed by atoms with Crippen molar-refractivity contribution >= 4 is 0 Å². The van der Waals surface area contributed by atoms with Crippen molar-refractivity contribution in [1.29, 1.82) is 0 Å². The smallest absolute Gasteiger partial charge is 0.0826 e. The molecule has 0 aromatic carbocycles. The van der Waals surface area contributed by atoms with Crippen molar-refractivity contribution in [1.82, 2.24) is 10.2 Å². The van der Waals surface area contributed by atoms with Crippen molar-refractivity contribution in [3.63, 3.8) is 0 Å². The van der Waals surface area contributed by atoms with Gasteiger partial charge in [-0.3, -0.25) is 0 Å². The van der Waals surface area contributed by atoms with Gasteiger partial charge < -0.3 is 19.7 Å². The first-order valence-electron chi connectivity index (χ1n) is 6.18. The van der Waals surface area contributed by atoms with Crippen LogP contribution in [0.3, 0.4) is 0 Å². The van der Waals surface area contributed by atoms with Crippen LogP contribution in [0.1, 0.15) is 20.8 Å². The summed E-state index contributed by atoms with van der Waals surface area (Å²) in [7, 11) is 2.14. The van der Waals surface area contributed by atoms with Gasteiger partial charge in [-0.1, -0.05) is 0 Å². The van der Waals surface area contributed by atoms with E-state index >= 15 is 0 Å². The molecule has 96 valence electrons. The number of hydrogen-bond acceptors (Lipinski definition) is 4. The van der Waals surface area contributed by atoms with Gasteiger partial charge in [0.15, 0.2) is 0 Å². The van der Waals surface area contributed by atoms with Crippen LogP contribution in [0.25, 0.3) is 0 Å². The van der Waals surface area contributed by atoms with Crippen LogP contribution in [0.4, 0.5) is 0 Å². The summed E-state index contributed by atoms with van der Waals surface area (Å²) < 4.78 is 11.3. The number of likely N-dealkylation sites (N-methyl/N-ethyl adjacent to an activating group) is 1. The molecule has 1 unspecified atom stereocenters. The minimum atomic E-state index is -0.0880. The van der Waals surface area contributed by atoms with E-state index in [4.69, 9.17) is 9.47 Å². The second kappa shape index (κ2) is 6.55. The molecule has 1 rings (SSSR count). The van der Waals surface area contributed by atoms with Gasteiger partial charge in [0.2, 0.25) is 0 Å². The second-order valence-corrected chi connectivity index (χ2v) is 5.08. The van der Waals surface area contributed by atoms with Gasteiger partial charge in [-0.2, -0.15) is 0 Å². The average Bonchev–Trinajstić information content (AvgIpc) is 2.17. The zero-order chi connectivity index (χ0) is 12.0. The van der Waals surface area contributed by atoms with Crippen molar-refractivity contribution in [3.8, 4) is 0 Å². The second-order valence-electron chi connectivity index (χ2n) is 5.08. The van der Waals surface area contributed by atoms with Crippen molar-refractivity contribution < 1.29 is 9.47 Å². The molecule has 0 aromatic heterocycles. The van der Waals surface area contributed by atoms with Gasteiger partial charge in [-0.15, -0.1) is 0 Å². The third-order valence-electron chi connectivity index (χ3n) is 2.80. The molecule has 0 aliphatic carbocycles. The summed E-state index contributed by atoms with van der Waals surface area (Å²) in [6.07, 6.45) is 0.316. The number of ether oxygens (including phenoxy) is 2. The van der Waals surface area contributed by atoms with Gasteiger partial charge in [-0.25, -0.2) is 0 Å². The molecule has 0 saturated carbocycles. The van der Waals surface area contributed by atoms with Crippen LogP contribution in [0.15, 0.2) is 0 Å². The molecule has 1 saturated heterocycles. The Morgan fingerprint density at radius 3 is 2.88 bits per heavy atom. The number of morpholine rings is 1. The molecular formula is C12H26N2O2. The maximum Gasteiger partial charge on any atom is 0.0826 e. The molecule has 4 heteroatoms. The average molecular weight is 230 g/mol. The third kappa shape index (κ3) is 5.25. The summed E-state index contributed by atoms with van der Waals surface area (Å²) in [6.45, 7) is 11.7. The Bertz CT molecular complexity index is 197. The highest BCUT2D eigenvalue weighted by Crippen LogP contribution is 2.07. The largest absolute Gasteiger partial charge is 0.375 e. The zero-order valence-electron chi connectivity index (χ0n) is 11.1. The Hall–Kier alpha value is -0.160. The molecular weight excluding hydrogens is 204 g/mol. The summed E-state index contributed by atoms with van der Waals surface area (Å²) in [6, 6.07) is 0. The molecule has 0 aromatic rings. The molecule has 1 fully saturated rings. The topological polar surface area (TPSA) is 33.7 Å². The molecule has 1 aliphatic heterocycles. The highest BCUT2D eigenvalue weighted by atomic mass is 16.5. The van der Waals surface area contributed by atoms with E-state index in [-0.39, 0.29) is 5.60 Å². The number of nitrogens with one attached hydrogen (secondary N) is 1. The predicted octanol–water partition coefficient (Wildman–Crippen LogP) is 0.722. The van der Waals surface area contributed by atoms with E-state index in [0.29, 0.717) is 6.10 Å². The number of rotatable bonds is 6. The van der Waals surface area contributed by atoms with Gasteiger partial charge in [0.05, 0.1) is 18.3 Å². The monoisotopic (exact) mass is 230 g/mol. The molecule has 0 radical (unpaired) electrons. The van der Waals surface area contributed by atoms with Crippen LogP contribution in [0, 0.1) is 0 Å². The van der Waals surface area contributed by atoms with E-state index in [1.807, 2.05) is 6.92 Å². The molecule has 0 amide bonds. The van der Waals surface area contributed by atoms with Crippen LogP contribution in [-0.4, -0.2) is 63.0 Å². The van der Waals surface area contributed by atoms with Crippen LogP contribution in [-0.2, 0) is 9.47 Å². The fourth-order valence-corrected chi connectivity index (χ4v) is 1.97. The SMILES string of the molecule is CCOC(C)(C)CNCC1CN(C)CCO1. The first kappa shape index (κ1) is 13.9. The minimum absolute atomic E-state index is 0.0880. The fraction of sp³-hybridized carbons (Fsp3) is 1.00. The lowest BCUT2D eigenvalue weighted by atomic mass is 10.1. The predicted molar refractivity (Wildman–Crippen MR) is 65.8 cm³/mol. The van der Waals surface area contributed by atoms with Crippen LogP contribution in [0.5, 0.6) is 0 Å². The minimum Gasteiger partial charge on any atom is -0.375 e. The Kier molecular flexibility index (Phi) is 5.69. The lowest BCUT2D eigenvalue weighted by Gasteiger charge is -2.31.